The zero-order chi connectivity index (χ0) is 11.4. The first-order chi connectivity index (χ1) is 7.79. The summed E-state index contributed by atoms with van der Waals surface area (Å²) in [4.78, 5) is 8.50. The molecule has 5 heteroatoms. The quantitative estimate of drug-likeness (QED) is 0.795. The number of hydrogen-bond acceptors (Lipinski definition) is 5. The van der Waals surface area contributed by atoms with Gasteiger partial charge in [0.25, 0.3) is 0 Å². The average molecular weight is 223 g/mol. The normalized spacial score (nSPS) is 15.9. The highest BCUT2D eigenvalue weighted by Gasteiger charge is 2.21. The SMILES string of the molecule is CCNCc1cnc(OC2COC2)nc1C. The second-order valence-corrected chi connectivity index (χ2v) is 3.82. The highest BCUT2D eigenvalue weighted by Crippen LogP contribution is 2.13. The van der Waals surface area contributed by atoms with Crippen LogP contribution in [-0.2, 0) is 11.3 Å². The fraction of sp³-hybridized carbons (Fsp3) is 0.636. The van der Waals surface area contributed by atoms with E-state index >= 15 is 0 Å². The van der Waals surface area contributed by atoms with E-state index in [1.807, 2.05) is 13.1 Å². The summed E-state index contributed by atoms with van der Waals surface area (Å²) in [5.74, 6) is 0. The third-order valence-electron chi connectivity index (χ3n) is 2.50. The van der Waals surface area contributed by atoms with Gasteiger partial charge in [0.2, 0.25) is 0 Å². The molecule has 1 N–H and O–H groups in total. The van der Waals surface area contributed by atoms with Crippen LogP contribution < -0.4 is 10.1 Å². The molecule has 1 aromatic rings. The number of hydrogen-bond donors (Lipinski definition) is 1. The molecule has 1 aliphatic rings. The maximum Gasteiger partial charge on any atom is 0.317 e. The van der Waals surface area contributed by atoms with Gasteiger partial charge in [-0.15, -0.1) is 0 Å². The zero-order valence-corrected chi connectivity index (χ0v) is 9.69. The van der Waals surface area contributed by atoms with Gasteiger partial charge in [-0.05, 0) is 13.5 Å². The Morgan fingerprint density at radius 1 is 1.56 bits per heavy atom. The smallest absolute Gasteiger partial charge is 0.317 e. The second-order valence-electron chi connectivity index (χ2n) is 3.82. The molecule has 0 radical (unpaired) electrons. The van der Waals surface area contributed by atoms with E-state index in [4.69, 9.17) is 9.47 Å². The molecule has 1 aliphatic heterocycles. The van der Waals surface area contributed by atoms with E-state index in [9.17, 15) is 0 Å². The van der Waals surface area contributed by atoms with Crippen LogP contribution in [-0.4, -0.2) is 35.8 Å². The third kappa shape index (κ3) is 2.68. The summed E-state index contributed by atoms with van der Waals surface area (Å²) in [6, 6.07) is 0.450. The van der Waals surface area contributed by atoms with Crippen LogP contribution in [0.25, 0.3) is 0 Å². The van der Waals surface area contributed by atoms with Crippen molar-refractivity contribution in [2.75, 3.05) is 19.8 Å². The van der Waals surface area contributed by atoms with Crippen molar-refractivity contribution >= 4 is 0 Å². The van der Waals surface area contributed by atoms with E-state index < -0.39 is 0 Å². The highest BCUT2D eigenvalue weighted by molar-refractivity contribution is 5.17. The lowest BCUT2D eigenvalue weighted by atomic mass is 10.2. The van der Waals surface area contributed by atoms with E-state index in [0.29, 0.717) is 19.2 Å². The van der Waals surface area contributed by atoms with Crippen molar-refractivity contribution in [2.24, 2.45) is 0 Å². The Morgan fingerprint density at radius 3 is 2.94 bits per heavy atom. The number of nitrogens with zero attached hydrogens (tertiary/aromatic N) is 2. The van der Waals surface area contributed by atoms with Crippen LogP contribution in [0, 0.1) is 6.92 Å². The predicted molar refractivity (Wildman–Crippen MR) is 59.4 cm³/mol. The first-order valence-electron chi connectivity index (χ1n) is 5.57. The summed E-state index contributed by atoms with van der Waals surface area (Å²) in [5, 5.41) is 3.25. The van der Waals surface area contributed by atoms with Crippen molar-refractivity contribution in [1.29, 1.82) is 0 Å². The molecule has 5 nitrogen and oxygen atoms in total. The number of aryl methyl sites for hydroxylation is 1. The number of ether oxygens (including phenoxy) is 2. The van der Waals surface area contributed by atoms with Gasteiger partial charge in [0.15, 0.2) is 0 Å². The lowest BCUT2D eigenvalue weighted by molar-refractivity contribution is -0.0832. The van der Waals surface area contributed by atoms with E-state index in [0.717, 1.165) is 24.3 Å². The molecule has 0 amide bonds. The Morgan fingerprint density at radius 2 is 2.38 bits per heavy atom. The molecule has 0 atom stereocenters. The molecule has 0 spiro atoms. The molecule has 0 saturated carbocycles. The minimum absolute atomic E-state index is 0.124. The average Bonchev–Trinajstić information content (AvgIpc) is 2.22. The molecular weight excluding hydrogens is 206 g/mol. The highest BCUT2D eigenvalue weighted by atomic mass is 16.6. The van der Waals surface area contributed by atoms with Gasteiger partial charge in [-0.3, -0.25) is 0 Å². The van der Waals surface area contributed by atoms with Crippen LogP contribution in [0.2, 0.25) is 0 Å². The number of aromatic nitrogens is 2. The van der Waals surface area contributed by atoms with Crippen LogP contribution in [0.15, 0.2) is 6.20 Å². The van der Waals surface area contributed by atoms with Crippen molar-refractivity contribution in [3.05, 3.63) is 17.5 Å². The first-order valence-corrected chi connectivity index (χ1v) is 5.57. The first kappa shape index (κ1) is 11.3. The van der Waals surface area contributed by atoms with Gasteiger partial charge < -0.3 is 14.8 Å². The lowest BCUT2D eigenvalue weighted by Crippen LogP contribution is -2.39. The molecule has 1 fully saturated rings. The van der Waals surface area contributed by atoms with Gasteiger partial charge in [-0.2, -0.15) is 0 Å². The molecule has 2 heterocycles. The van der Waals surface area contributed by atoms with Gasteiger partial charge in [-0.25, -0.2) is 9.97 Å². The summed E-state index contributed by atoms with van der Waals surface area (Å²) in [6.45, 7) is 7.07. The summed E-state index contributed by atoms with van der Waals surface area (Å²) >= 11 is 0. The molecular formula is C11H17N3O2. The third-order valence-corrected chi connectivity index (χ3v) is 2.50. The molecule has 0 unspecified atom stereocenters. The van der Waals surface area contributed by atoms with Crippen LogP contribution in [0.4, 0.5) is 0 Å². The van der Waals surface area contributed by atoms with Crippen LogP contribution in [0.1, 0.15) is 18.2 Å². The molecule has 16 heavy (non-hydrogen) atoms. The zero-order valence-electron chi connectivity index (χ0n) is 9.69. The monoisotopic (exact) mass is 223 g/mol. The van der Waals surface area contributed by atoms with Crippen molar-refractivity contribution in [1.82, 2.24) is 15.3 Å². The maximum atomic E-state index is 5.52. The molecule has 0 bridgehead atoms. The van der Waals surface area contributed by atoms with Crippen molar-refractivity contribution in [3.63, 3.8) is 0 Å². The van der Waals surface area contributed by atoms with Gasteiger partial charge in [0.1, 0.15) is 6.10 Å². The largest absolute Gasteiger partial charge is 0.455 e. The number of rotatable bonds is 5. The Balaban J connectivity index is 1.97. The van der Waals surface area contributed by atoms with E-state index in [1.54, 1.807) is 0 Å². The van der Waals surface area contributed by atoms with E-state index in [-0.39, 0.29) is 6.10 Å². The Hall–Kier alpha value is -1.20. The molecule has 1 saturated heterocycles. The fourth-order valence-corrected chi connectivity index (χ4v) is 1.39. The lowest BCUT2D eigenvalue weighted by Gasteiger charge is -2.25. The summed E-state index contributed by atoms with van der Waals surface area (Å²) < 4.78 is 10.5. The maximum absolute atomic E-state index is 5.52. The Bertz CT molecular complexity index is 353. The van der Waals surface area contributed by atoms with Crippen molar-refractivity contribution < 1.29 is 9.47 Å². The minimum Gasteiger partial charge on any atom is -0.455 e. The Kier molecular flexibility index (Phi) is 3.69. The molecule has 0 aromatic carbocycles. The molecule has 1 aromatic heterocycles. The van der Waals surface area contributed by atoms with Crippen LogP contribution >= 0.6 is 0 Å². The topological polar surface area (TPSA) is 56.3 Å². The van der Waals surface area contributed by atoms with Gasteiger partial charge in [-0.1, -0.05) is 6.92 Å². The van der Waals surface area contributed by atoms with E-state index in [1.165, 1.54) is 0 Å². The summed E-state index contributed by atoms with van der Waals surface area (Å²) in [5.41, 5.74) is 2.07. The van der Waals surface area contributed by atoms with E-state index in [2.05, 4.69) is 22.2 Å². The standard InChI is InChI=1S/C11H17N3O2/c1-3-12-4-9-5-13-11(14-8(9)2)16-10-6-15-7-10/h5,10,12H,3-4,6-7H2,1-2H3. The minimum atomic E-state index is 0.124. The van der Waals surface area contributed by atoms with Crippen molar-refractivity contribution in [3.8, 4) is 6.01 Å². The summed E-state index contributed by atoms with van der Waals surface area (Å²) in [7, 11) is 0. The van der Waals surface area contributed by atoms with Gasteiger partial charge in [0, 0.05) is 24.0 Å². The molecule has 88 valence electrons. The van der Waals surface area contributed by atoms with Crippen LogP contribution in [0.3, 0.4) is 0 Å². The number of nitrogens with one attached hydrogen (secondary N) is 1. The predicted octanol–water partition coefficient (Wildman–Crippen LogP) is 0.672. The van der Waals surface area contributed by atoms with Gasteiger partial charge >= 0.3 is 6.01 Å². The Labute approximate surface area is 95.2 Å². The van der Waals surface area contributed by atoms with Crippen molar-refractivity contribution in [2.45, 2.75) is 26.5 Å². The second kappa shape index (κ2) is 5.23. The fourth-order valence-electron chi connectivity index (χ4n) is 1.39. The molecule has 0 aliphatic carbocycles. The molecule has 2 rings (SSSR count). The summed E-state index contributed by atoms with van der Waals surface area (Å²) in [6.07, 6.45) is 1.94. The van der Waals surface area contributed by atoms with Gasteiger partial charge in [0.05, 0.1) is 13.2 Å². The van der Waals surface area contributed by atoms with Crippen LogP contribution in [0.5, 0.6) is 6.01 Å².